The number of hydrogen-bond donors (Lipinski definition) is 0. The Balaban J connectivity index is 1.48. The molecular formula is C22H22FN5O4. The topological polar surface area (TPSA) is 93.9 Å². The normalized spacial score (nSPS) is 13.7. The standard InChI is InChI=1S/C22H22FN5O4/c1-31-19-5-2-16(3-6-19)15-32-21-12-18(28(29)30)4-7-20(21)26-8-10-27(11-9-26)22-24-13-17(23)14-25-22/h2-7,12-14H,8-11,15H2,1H3. The van der Waals surface area contributed by atoms with Crippen molar-refractivity contribution in [2.75, 3.05) is 43.1 Å². The summed E-state index contributed by atoms with van der Waals surface area (Å²) in [6.07, 6.45) is 2.30. The summed E-state index contributed by atoms with van der Waals surface area (Å²) in [4.78, 5) is 23.0. The molecular weight excluding hydrogens is 417 g/mol. The van der Waals surface area contributed by atoms with Crippen molar-refractivity contribution in [3.63, 3.8) is 0 Å². The van der Waals surface area contributed by atoms with E-state index >= 15 is 0 Å². The first-order chi connectivity index (χ1) is 15.5. The molecule has 1 saturated heterocycles. The van der Waals surface area contributed by atoms with Crippen LogP contribution in [0.15, 0.2) is 54.9 Å². The van der Waals surface area contributed by atoms with Crippen LogP contribution in [0.2, 0.25) is 0 Å². The molecule has 0 saturated carbocycles. The zero-order valence-electron chi connectivity index (χ0n) is 17.5. The average Bonchev–Trinajstić information content (AvgIpc) is 2.83. The van der Waals surface area contributed by atoms with Gasteiger partial charge in [-0.25, -0.2) is 14.4 Å². The number of ether oxygens (including phenoxy) is 2. The molecule has 2 heterocycles. The predicted octanol–water partition coefficient (Wildman–Crippen LogP) is 3.44. The molecule has 0 amide bonds. The lowest BCUT2D eigenvalue weighted by Crippen LogP contribution is -2.47. The molecule has 0 atom stereocenters. The van der Waals surface area contributed by atoms with Crippen molar-refractivity contribution in [3.8, 4) is 11.5 Å². The molecule has 1 aromatic heterocycles. The molecule has 0 bridgehead atoms. The van der Waals surface area contributed by atoms with Crippen LogP contribution in [-0.2, 0) is 6.61 Å². The van der Waals surface area contributed by atoms with Gasteiger partial charge in [-0.05, 0) is 23.8 Å². The number of non-ortho nitro benzene ring substituents is 1. The Labute approximate surface area is 184 Å². The summed E-state index contributed by atoms with van der Waals surface area (Å²) in [7, 11) is 1.60. The molecule has 1 aliphatic rings. The third-order valence-corrected chi connectivity index (χ3v) is 5.22. The Morgan fingerprint density at radius 3 is 2.31 bits per heavy atom. The van der Waals surface area contributed by atoms with E-state index < -0.39 is 10.7 Å². The van der Waals surface area contributed by atoms with Crippen LogP contribution in [0.1, 0.15) is 5.56 Å². The Hall–Kier alpha value is -3.95. The second kappa shape index (κ2) is 9.46. The molecule has 1 fully saturated rings. The number of nitrogens with zero attached hydrogens (tertiary/aromatic N) is 5. The van der Waals surface area contributed by atoms with Gasteiger partial charge in [-0.1, -0.05) is 12.1 Å². The van der Waals surface area contributed by atoms with Gasteiger partial charge in [-0.2, -0.15) is 0 Å². The summed E-state index contributed by atoms with van der Waals surface area (Å²) < 4.78 is 24.2. The third-order valence-electron chi connectivity index (χ3n) is 5.22. The van der Waals surface area contributed by atoms with Gasteiger partial charge in [0, 0.05) is 32.2 Å². The van der Waals surface area contributed by atoms with Crippen LogP contribution in [0, 0.1) is 15.9 Å². The van der Waals surface area contributed by atoms with Crippen molar-refractivity contribution in [3.05, 3.63) is 76.4 Å². The lowest BCUT2D eigenvalue weighted by Gasteiger charge is -2.36. The first-order valence-electron chi connectivity index (χ1n) is 10.0. The van der Waals surface area contributed by atoms with Gasteiger partial charge < -0.3 is 19.3 Å². The van der Waals surface area contributed by atoms with E-state index in [-0.39, 0.29) is 12.3 Å². The number of halogens is 1. The lowest BCUT2D eigenvalue weighted by molar-refractivity contribution is -0.384. The molecule has 1 aliphatic heterocycles. The molecule has 4 rings (SSSR count). The highest BCUT2D eigenvalue weighted by molar-refractivity contribution is 5.63. The van der Waals surface area contributed by atoms with Gasteiger partial charge >= 0.3 is 0 Å². The maximum Gasteiger partial charge on any atom is 0.273 e. The first-order valence-corrected chi connectivity index (χ1v) is 10.0. The Morgan fingerprint density at radius 1 is 1.03 bits per heavy atom. The fourth-order valence-electron chi connectivity index (χ4n) is 3.49. The van der Waals surface area contributed by atoms with E-state index in [4.69, 9.17) is 9.47 Å². The van der Waals surface area contributed by atoms with Crippen molar-refractivity contribution < 1.29 is 18.8 Å². The minimum atomic E-state index is -0.475. The Kier molecular flexibility index (Phi) is 6.29. The van der Waals surface area contributed by atoms with E-state index in [1.54, 1.807) is 13.2 Å². The van der Waals surface area contributed by atoms with Crippen LogP contribution < -0.4 is 19.3 Å². The highest BCUT2D eigenvalue weighted by Gasteiger charge is 2.23. The van der Waals surface area contributed by atoms with E-state index in [2.05, 4.69) is 14.9 Å². The van der Waals surface area contributed by atoms with Crippen LogP contribution in [0.5, 0.6) is 11.5 Å². The highest BCUT2D eigenvalue weighted by atomic mass is 19.1. The van der Waals surface area contributed by atoms with Gasteiger partial charge in [-0.15, -0.1) is 0 Å². The molecule has 0 aliphatic carbocycles. The smallest absolute Gasteiger partial charge is 0.273 e. The number of nitro benzene ring substituents is 1. The van der Waals surface area contributed by atoms with Crippen LogP contribution in [-0.4, -0.2) is 48.2 Å². The van der Waals surface area contributed by atoms with Gasteiger partial charge in [0.15, 0.2) is 5.82 Å². The van der Waals surface area contributed by atoms with Crippen molar-refractivity contribution in [1.29, 1.82) is 0 Å². The molecule has 166 valence electrons. The number of hydrogen-bond acceptors (Lipinski definition) is 8. The molecule has 32 heavy (non-hydrogen) atoms. The molecule has 9 nitrogen and oxygen atoms in total. The zero-order valence-corrected chi connectivity index (χ0v) is 17.5. The minimum absolute atomic E-state index is 0.0307. The van der Waals surface area contributed by atoms with Gasteiger partial charge in [0.2, 0.25) is 5.95 Å². The number of aromatic nitrogens is 2. The molecule has 0 N–H and O–H groups in total. The summed E-state index contributed by atoms with van der Waals surface area (Å²) in [6.45, 7) is 2.79. The molecule has 0 unspecified atom stereocenters. The maximum absolute atomic E-state index is 13.1. The number of piperazine rings is 1. The van der Waals surface area contributed by atoms with Crippen LogP contribution in [0.3, 0.4) is 0 Å². The fourth-order valence-corrected chi connectivity index (χ4v) is 3.49. The molecule has 2 aromatic carbocycles. The summed E-state index contributed by atoms with van der Waals surface area (Å²) in [5.41, 5.74) is 1.67. The van der Waals surface area contributed by atoms with Crippen molar-refractivity contribution in [2.45, 2.75) is 6.61 Å². The largest absolute Gasteiger partial charge is 0.497 e. The van der Waals surface area contributed by atoms with Crippen LogP contribution in [0.25, 0.3) is 0 Å². The van der Waals surface area contributed by atoms with Crippen LogP contribution >= 0.6 is 0 Å². The predicted molar refractivity (Wildman–Crippen MR) is 117 cm³/mol. The van der Waals surface area contributed by atoms with Crippen molar-refractivity contribution in [2.24, 2.45) is 0 Å². The summed E-state index contributed by atoms with van der Waals surface area (Å²) in [5, 5.41) is 11.3. The molecule has 0 radical (unpaired) electrons. The number of methoxy groups -OCH3 is 1. The Bertz CT molecular complexity index is 1070. The van der Waals surface area contributed by atoms with Crippen molar-refractivity contribution in [1.82, 2.24) is 9.97 Å². The summed E-state index contributed by atoms with van der Waals surface area (Å²) >= 11 is 0. The van der Waals surface area contributed by atoms with E-state index in [1.807, 2.05) is 29.2 Å². The number of rotatable bonds is 7. The minimum Gasteiger partial charge on any atom is -0.497 e. The summed E-state index contributed by atoms with van der Waals surface area (Å²) in [5.74, 6) is 1.19. The third kappa shape index (κ3) is 4.85. The first kappa shape index (κ1) is 21.3. The van der Waals surface area contributed by atoms with E-state index in [0.717, 1.165) is 29.4 Å². The van der Waals surface area contributed by atoms with Crippen LogP contribution in [0.4, 0.5) is 21.7 Å². The highest BCUT2D eigenvalue weighted by Crippen LogP contribution is 2.34. The molecule has 3 aromatic rings. The molecule has 10 heteroatoms. The molecule has 0 spiro atoms. The van der Waals surface area contributed by atoms with Gasteiger partial charge in [0.25, 0.3) is 5.69 Å². The second-order valence-electron chi connectivity index (χ2n) is 7.22. The monoisotopic (exact) mass is 439 g/mol. The fraction of sp³-hybridized carbons (Fsp3) is 0.273. The van der Waals surface area contributed by atoms with E-state index in [0.29, 0.717) is 37.9 Å². The number of nitro groups is 1. The summed E-state index contributed by atoms with van der Waals surface area (Å²) in [6, 6.07) is 12.1. The average molecular weight is 439 g/mol. The van der Waals surface area contributed by atoms with E-state index in [1.165, 1.54) is 12.1 Å². The van der Waals surface area contributed by atoms with Gasteiger partial charge in [0.05, 0.1) is 36.2 Å². The maximum atomic E-state index is 13.1. The zero-order chi connectivity index (χ0) is 22.5. The van der Waals surface area contributed by atoms with E-state index in [9.17, 15) is 14.5 Å². The lowest BCUT2D eigenvalue weighted by atomic mass is 10.2. The SMILES string of the molecule is COc1ccc(COc2cc([N+](=O)[O-])ccc2N2CCN(c3ncc(F)cn3)CC2)cc1. The quantitative estimate of drug-likeness (QED) is 0.408. The Morgan fingerprint density at radius 2 is 1.69 bits per heavy atom. The number of anilines is 2. The number of benzene rings is 2. The van der Waals surface area contributed by atoms with Crippen molar-refractivity contribution >= 4 is 17.3 Å². The second-order valence-corrected chi connectivity index (χ2v) is 7.22. The van der Waals surface area contributed by atoms with Gasteiger partial charge in [-0.3, -0.25) is 10.1 Å². The van der Waals surface area contributed by atoms with Gasteiger partial charge in [0.1, 0.15) is 18.1 Å².